The van der Waals surface area contributed by atoms with Crippen molar-refractivity contribution in [1.82, 2.24) is 0 Å². The molecule has 96 valence electrons. The highest BCUT2D eigenvalue weighted by Gasteiger charge is 2.55. The maximum atomic E-state index is 6.08. The third-order valence-electron chi connectivity index (χ3n) is 4.71. The first-order valence-electron chi connectivity index (χ1n) is 6.85. The molecule has 2 aliphatic carbocycles. The van der Waals surface area contributed by atoms with Crippen LogP contribution < -0.4 is 0 Å². The monoisotopic (exact) mass is 362 g/mol. The van der Waals surface area contributed by atoms with Crippen LogP contribution in [-0.2, 0) is 15.1 Å². The SMILES string of the molecule is IOC12c3ccccc3CCCC1c1ccccc12. The van der Waals surface area contributed by atoms with Crippen molar-refractivity contribution in [2.24, 2.45) is 0 Å². The van der Waals surface area contributed by atoms with Gasteiger partial charge in [0, 0.05) is 5.92 Å². The summed E-state index contributed by atoms with van der Waals surface area (Å²) in [5.41, 5.74) is 5.48. The third kappa shape index (κ3) is 1.44. The highest BCUT2D eigenvalue weighted by Crippen LogP contribution is 2.60. The van der Waals surface area contributed by atoms with Gasteiger partial charge in [-0.15, -0.1) is 0 Å². The minimum atomic E-state index is -0.204. The lowest BCUT2D eigenvalue weighted by molar-refractivity contribution is 0.0978. The van der Waals surface area contributed by atoms with Crippen molar-refractivity contribution >= 4 is 23.0 Å². The predicted octanol–water partition coefficient (Wildman–Crippen LogP) is 4.73. The largest absolute Gasteiger partial charge is 0.299 e. The molecule has 2 unspecified atom stereocenters. The van der Waals surface area contributed by atoms with E-state index in [0.29, 0.717) is 5.92 Å². The summed E-state index contributed by atoms with van der Waals surface area (Å²) in [7, 11) is 0. The Morgan fingerprint density at radius 3 is 2.58 bits per heavy atom. The molecule has 0 N–H and O–H groups in total. The van der Waals surface area contributed by atoms with Crippen LogP contribution in [0.1, 0.15) is 41.0 Å². The zero-order chi connectivity index (χ0) is 12.9. The van der Waals surface area contributed by atoms with Crippen molar-refractivity contribution in [3.8, 4) is 0 Å². The fourth-order valence-electron chi connectivity index (χ4n) is 3.89. The van der Waals surface area contributed by atoms with Crippen LogP contribution in [0.5, 0.6) is 0 Å². The summed E-state index contributed by atoms with van der Waals surface area (Å²) in [4.78, 5) is 0. The maximum absolute atomic E-state index is 6.08. The quantitative estimate of drug-likeness (QED) is 0.667. The Labute approximate surface area is 127 Å². The molecule has 2 aliphatic rings. The van der Waals surface area contributed by atoms with Gasteiger partial charge in [-0.05, 0) is 41.5 Å². The summed E-state index contributed by atoms with van der Waals surface area (Å²) < 4.78 is 6.08. The summed E-state index contributed by atoms with van der Waals surface area (Å²) in [6, 6.07) is 17.6. The molecular weight excluding hydrogens is 347 g/mol. The molecule has 0 aliphatic heterocycles. The molecule has 0 fully saturated rings. The Balaban J connectivity index is 2.01. The lowest BCUT2D eigenvalue weighted by Gasteiger charge is -2.49. The first kappa shape index (κ1) is 11.9. The van der Waals surface area contributed by atoms with Gasteiger partial charge in [0.15, 0.2) is 0 Å². The van der Waals surface area contributed by atoms with E-state index in [0.717, 1.165) is 0 Å². The normalized spacial score (nSPS) is 27.5. The second kappa shape index (κ2) is 4.32. The highest BCUT2D eigenvalue weighted by molar-refractivity contribution is 14.1. The van der Waals surface area contributed by atoms with E-state index in [4.69, 9.17) is 3.07 Å². The van der Waals surface area contributed by atoms with Gasteiger partial charge >= 0.3 is 0 Å². The molecule has 2 atom stereocenters. The summed E-state index contributed by atoms with van der Waals surface area (Å²) in [6.07, 6.45) is 3.63. The summed E-state index contributed by atoms with van der Waals surface area (Å²) in [5.74, 6) is 0.518. The molecule has 4 rings (SSSR count). The molecule has 0 heterocycles. The molecule has 1 nitrogen and oxygen atoms in total. The van der Waals surface area contributed by atoms with Crippen molar-refractivity contribution < 1.29 is 3.07 Å². The van der Waals surface area contributed by atoms with E-state index in [2.05, 4.69) is 71.5 Å². The van der Waals surface area contributed by atoms with Crippen LogP contribution in [0.25, 0.3) is 0 Å². The average molecular weight is 362 g/mol. The van der Waals surface area contributed by atoms with Crippen LogP contribution in [0, 0.1) is 0 Å². The third-order valence-corrected chi connectivity index (χ3v) is 5.40. The van der Waals surface area contributed by atoms with Gasteiger partial charge in [0.25, 0.3) is 0 Å². The van der Waals surface area contributed by atoms with Crippen LogP contribution >= 0.6 is 23.0 Å². The number of hydrogen-bond acceptors (Lipinski definition) is 1. The van der Waals surface area contributed by atoms with Crippen molar-refractivity contribution in [2.45, 2.75) is 30.8 Å². The molecule has 2 aromatic carbocycles. The molecule has 0 aromatic heterocycles. The standard InChI is InChI=1S/C17H15IO/c18-19-17-14-9-3-1-6-12(14)7-5-11-16(17)13-8-2-4-10-15(13)17/h1-4,6,8-10,16H,5,7,11H2. The second-order valence-corrected chi connectivity index (χ2v) is 5.94. The molecule has 0 amide bonds. The number of fused-ring (bicyclic) bond motifs is 6. The second-order valence-electron chi connectivity index (χ2n) is 5.50. The fraction of sp³-hybridized carbons (Fsp3) is 0.294. The maximum Gasteiger partial charge on any atom is 0.138 e. The number of halogens is 1. The molecule has 0 radical (unpaired) electrons. The number of benzene rings is 2. The predicted molar refractivity (Wildman–Crippen MR) is 84.4 cm³/mol. The minimum Gasteiger partial charge on any atom is -0.299 e. The zero-order valence-corrected chi connectivity index (χ0v) is 12.8. The highest BCUT2D eigenvalue weighted by atomic mass is 127. The zero-order valence-electron chi connectivity index (χ0n) is 10.6. The molecule has 0 saturated carbocycles. The number of rotatable bonds is 1. The van der Waals surface area contributed by atoms with Crippen LogP contribution in [-0.4, -0.2) is 0 Å². The fourth-order valence-corrected chi connectivity index (χ4v) is 4.68. The summed E-state index contributed by atoms with van der Waals surface area (Å²) >= 11 is 2.10. The molecule has 19 heavy (non-hydrogen) atoms. The van der Waals surface area contributed by atoms with E-state index in [1.54, 1.807) is 0 Å². The smallest absolute Gasteiger partial charge is 0.138 e. The summed E-state index contributed by atoms with van der Waals surface area (Å²) in [6.45, 7) is 0. The van der Waals surface area contributed by atoms with Crippen LogP contribution in [0.2, 0.25) is 0 Å². The lowest BCUT2D eigenvalue weighted by atomic mass is 9.60. The molecule has 0 bridgehead atoms. The van der Waals surface area contributed by atoms with Gasteiger partial charge in [-0.25, -0.2) is 0 Å². The van der Waals surface area contributed by atoms with E-state index in [1.165, 1.54) is 41.5 Å². The van der Waals surface area contributed by atoms with Gasteiger partial charge in [0.2, 0.25) is 0 Å². The van der Waals surface area contributed by atoms with E-state index >= 15 is 0 Å². The topological polar surface area (TPSA) is 9.23 Å². The molecule has 2 heteroatoms. The first-order chi connectivity index (χ1) is 9.38. The Hall–Kier alpha value is -0.870. The van der Waals surface area contributed by atoms with Gasteiger partial charge in [-0.2, -0.15) is 0 Å². The summed E-state index contributed by atoms with van der Waals surface area (Å²) in [5, 5.41) is 0. The molecule has 0 saturated heterocycles. The van der Waals surface area contributed by atoms with Gasteiger partial charge in [0.05, 0.1) is 0 Å². The molecule has 0 spiro atoms. The van der Waals surface area contributed by atoms with E-state index < -0.39 is 0 Å². The van der Waals surface area contributed by atoms with Crippen LogP contribution in [0.4, 0.5) is 0 Å². The average Bonchev–Trinajstić information content (AvgIpc) is 2.60. The Kier molecular flexibility index (Phi) is 2.71. The van der Waals surface area contributed by atoms with Gasteiger partial charge in [0.1, 0.15) is 28.6 Å². The van der Waals surface area contributed by atoms with Crippen molar-refractivity contribution in [3.05, 3.63) is 70.8 Å². The van der Waals surface area contributed by atoms with Crippen molar-refractivity contribution in [1.29, 1.82) is 0 Å². The van der Waals surface area contributed by atoms with E-state index in [9.17, 15) is 0 Å². The Morgan fingerprint density at radius 2 is 1.74 bits per heavy atom. The van der Waals surface area contributed by atoms with Gasteiger partial charge in [-0.3, -0.25) is 3.07 Å². The molecule has 2 aromatic rings. The van der Waals surface area contributed by atoms with Crippen LogP contribution in [0.3, 0.4) is 0 Å². The number of hydrogen-bond donors (Lipinski definition) is 0. The minimum absolute atomic E-state index is 0.204. The Bertz CT molecular complexity index is 637. The number of aryl methyl sites for hydroxylation is 1. The van der Waals surface area contributed by atoms with Gasteiger partial charge < -0.3 is 0 Å². The molecular formula is C17H15IO. The Morgan fingerprint density at radius 1 is 1.00 bits per heavy atom. The van der Waals surface area contributed by atoms with Gasteiger partial charge in [-0.1, -0.05) is 48.5 Å². The first-order valence-corrected chi connectivity index (χ1v) is 7.73. The van der Waals surface area contributed by atoms with E-state index in [-0.39, 0.29) is 5.60 Å². The van der Waals surface area contributed by atoms with Crippen LogP contribution in [0.15, 0.2) is 48.5 Å². The van der Waals surface area contributed by atoms with E-state index in [1.807, 2.05) is 0 Å². The lowest BCUT2D eigenvalue weighted by Crippen LogP contribution is -2.44. The van der Waals surface area contributed by atoms with Crippen molar-refractivity contribution in [3.63, 3.8) is 0 Å². The van der Waals surface area contributed by atoms with Crippen molar-refractivity contribution in [2.75, 3.05) is 0 Å².